The largest absolute Gasteiger partial charge is 2.00 e. The van der Waals surface area contributed by atoms with Crippen molar-refractivity contribution in [2.45, 2.75) is 12.8 Å². The van der Waals surface area contributed by atoms with Crippen LogP contribution in [0.25, 0.3) is 0 Å². The molecule has 0 bridgehead atoms. The van der Waals surface area contributed by atoms with Gasteiger partial charge in [0.1, 0.15) is 0 Å². The molecule has 16 heavy (non-hydrogen) atoms. The number of allylic oxidation sites excluding steroid dienone is 8. The summed E-state index contributed by atoms with van der Waals surface area (Å²) >= 11 is 0. The molecule has 0 aromatic carbocycles. The summed E-state index contributed by atoms with van der Waals surface area (Å²) in [6, 6.07) is 0. The van der Waals surface area contributed by atoms with Gasteiger partial charge in [-0.3, -0.25) is 12.2 Å². The molecule has 0 saturated heterocycles. The van der Waals surface area contributed by atoms with Gasteiger partial charge >= 0.3 is 24.6 Å². The van der Waals surface area contributed by atoms with Crippen LogP contribution in [0.15, 0.2) is 36.5 Å². The van der Waals surface area contributed by atoms with E-state index in [2.05, 4.69) is 24.3 Å². The molecule has 0 spiro atoms. The Morgan fingerprint density at radius 1 is 0.812 bits per heavy atom. The van der Waals surface area contributed by atoms with Crippen LogP contribution in [0, 0.1) is 12.2 Å². The summed E-state index contributed by atoms with van der Waals surface area (Å²) in [7, 11) is -6.00. The third-order valence-corrected chi connectivity index (χ3v) is 1.17. The Kier molecular flexibility index (Phi) is 11.9. The van der Waals surface area contributed by atoms with Crippen molar-refractivity contribution in [1.29, 1.82) is 0 Å². The second kappa shape index (κ2) is 10.8. The zero-order valence-electron chi connectivity index (χ0n) is 8.38. The first-order valence-corrected chi connectivity index (χ1v) is 4.31. The van der Waals surface area contributed by atoms with E-state index >= 15 is 0 Å². The fourth-order valence-electron chi connectivity index (χ4n) is 0.680. The molecule has 2 aliphatic rings. The van der Waals surface area contributed by atoms with Crippen LogP contribution in [-0.4, -0.2) is 7.25 Å². The van der Waals surface area contributed by atoms with Gasteiger partial charge in [0, 0.05) is 0 Å². The Morgan fingerprint density at radius 2 is 1.12 bits per heavy atom. The molecular formula is C10H10BCrF4-. The Hall–Kier alpha value is -0.723. The molecular weight excluding hydrogens is 259 g/mol. The average molecular weight is 269 g/mol. The summed E-state index contributed by atoms with van der Waals surface area (Å²) in [6.45, 7) is 0. The van der Waals surface area contributed by atoms with Crippen LogP contribution >= 0.6 is 0 Å². The molecule has 2 rings (SSSR count). The summed E-state index contributed by atoms with van der Waals surface area (Å²) in [5, 5.41) is 0. The Balaban J connectivity index is 0. The number of hydrogen-bond acceptors (Lipinski definition) is 0. The van der Waals surface area contributed by atoms with Crippen molar-refractivity contribution in [3.05, 3.63) is 48.6 Å². The monoisotopic (exact) mass is 269 g/mol. The fourth-order valence-corrected chi connectivity index (χ4v) is 0.680. The van der Waals surface area contributed by atoms with Gasteiger partial charge in [-0.2, -0.15) is 12.2 Å². The maximum Gasteiger partial charge on any atom is 2.00 e. The van der Waals surface area contributed by atoms with E-state index in [-0.39, 0.29) is 17.4 Å². The van der Waals surface area contributed by atoms with Gasteiger partial charge < -0.3 is 17.3 Å². The molecule has 2 aliphatic carbocycles. The molecule has 88 valence electrons. The van der Waals surface area contributed by atoms with Gasteiger partial charge in [-0.1, -0.05) is 0 Å². The van der Waals surface area contributed by atoms with Crippen LogP contribution in [0.2, 0.25) is 0 Å². The summed E-state index contributed by atoms with van der Waals surface area (Å²) in [5.41, 5.74) is 0. The first-order valence-electron chi connectivity index (χ1n) is 4.31. The molecule has 0 nitrogen and oxygen atoms in total. The van der Waals surface area contributed by atoms with Crippen molar-refractivity contribution in [2.75, 3.05) is 0 Å². The molecule has 0 atom stereocenters. The van der Waals surface area contributed by atoms with Crippen LogP contribution in [0.4, 0.5) is 17.3 Å². The van der Waals surface area contributed by atoms with E-state index in [9.17, 15) is 17.3 Å². The van der Waals surface area contributed by atoms with Gasteiger partial charge in [-0.05, 0) is 0 Å². The van der Waals surface area contributed by atoms with Crippen molar-refractivity contribution in [1.82, 2.24) is 0 Å². The van der Waals surface area contributed by atoms with Crippen LogP contribution in [0.5, 0.6) is 0 Å². The van der Waals surface area contributed by atoms with E-state index in [4.69, 9.17) is 0 Å². The summed E-state index contributed by atoms with van der Waals surface area (Å²) in [4.78, 5) is 0. The van der Waals surface area contributed by atoms with Crippen molar-refractivity contribution in [3.63, 3.8) is 0 Å². The first-order chi connectivity index (χ1) is 7.00. The predicted octanol–water partition coefficient (Wildman–Crippen LogP) is 3.91. The SMILES string of the molecule is F[B-](F)(F)F.[C-]1=CC=CC1.[C-]1=CC=CC1.[Cr+2]. The van der Waals surface area contributed by atoms with Gasteiger partial charge in [0.15, 0.2) is 0 Å². The predicted molar refractivity (Wildman–Crippen MR) is 53.3 cm³/mol. The number of rotatable bonds is 0. The van der Waals surface area contributed by atoms with Crippen molar-refractivity contribution in [3.8, 4) is 0 Å². The molecule has 0 radical (unpaired) electrons. The summed E-state index contributed by atoms with van der Waals surface area (Å²) in [5.74, 6) is 0. The molecule has 0 aromatic heterocycles. The minimum Gasteiger partial charge on any atom is -0.418 e. The molecule has 0 saturated carbocycles. The minimum absolute atomic E-state index is 0. The second-order valence-electron chi connectivity index (χ2n) is 2.50. The third-order valence-electron chi connectivity index (χ3n) is 1.17. The van der Waals surface area contributed by atoms with Crippen molar-refractivity contribution >= 4 is 7.25 Å². The molecule has 0 amide bonds. The van der Waals surface area contributed by atoms with Crippen molar-refractivity contribution < 1.29 is 34.6 Å². The zero-order chi connectivity index (χ0) is 11.6. The van der Waals surface area contributed by atoms with Crippen LogP contribution in [0.3, 0.4) is 0 Å². The Morgan fingerprint density at radius 3 is 1.19 bits per heavy atom. The van der Waals surface area contributed by atoms with Crippen LogP contribution in [0.1, 0.15) is 12.8 Å². The Labute approximate surface area is 104 Å². The second-order valence-corrected chi connectivity index (χ2v) is 2.50. The van der Waals surface area contributed by atoms with Crippen LogP contribution in [-0.2, 0) is 17.4 Å². The molecule has 0 unspecified atom stereocenters. The van der Waals surface area contributed by atoms with E-state index in [0.29, 0.717) is 0 Å². The first kappa shape index (κ1) is 17.7. The van der Waals surface area contributed by atoms with E-state index in [1.54, 1.807) is 0 Å². The summed E-state index contributed by atoms with van der Waals surface area (Å²) < 4.78 is 39.0. The average Bonchev–Trinajstić information content (AvgIpc) is 2.81. The maximum absolute atomic E-state index is 9.75. The minimum atomic E-state index is -6.00. The topological polar surface area (TPSA) is 0 Å². The van der Waals surface area contributed by atoms with Gasteiger partial charge in [0.25, 0.3) is 0 Å². The van der Waals surface area contributed by atoms with Crippen molar-refractivity contribution in [2.24, 2.45) is 0 Å². The van der Waals surface area contributed by atoms with E-state index in [1.165, 1.54) is 0 Å². The van der Waals surface area contributed by atoms with Gasteiger partial charge in [-0.25, -0.2) is 24.3 Å². The maximum atomic E-state index is 9.75. The number of halogens is 4. The van der Waals surface area contributed by atoms with Gasteiger partial charge in [0.05, 0.1) is 0 Å². The van der Waals surface area contributed by atoms with E-state index < -0.39 is 7.25 Å². The molecule has 0 aliphatic heterocycles. The van der Waals surface area contributed by atoms with Gasteiger partial charge in [0.2, 0.25) is 0 Å². The summed E-state index contributed by atoms with van der Waals surface area (Å²) in [6.07, 6.45) is 20.0. The zero-order valence-corrected chi connectivity index (χ0v) is 9.65. The number of hydrogen-bond donors (Lipinski definition) is 0. The quantitative estimate of drug-likeness (QED) is 0.355. The smallest absolute Gasteiger partial charge is 0.418 e. The normalized spacial score (nSPS) is 14.8. The van der Waals surface area contributed by atoms with E-state index in [1.807, 2.05) is 24.3 Å². The molecule has 0 aromatic rings. The van der Waals surface area contributed by atoms with E-state index in [0.717, 1.165) is 12.8 Å². The van der Waals surface area contributed by atoms with Crippen LogP contribution < -0.4 is 0 Å². The molecule has 0 N–H and O–H groups in total. The fraction of sp³-hybridized carbons (Fsp3) is 0.200. The Bertz CT molecular complexity index is 218. The standard InChI is InChI=1S/2C5H5.BF4.Cr/c2*1-2-4-5-3-1;2-1(3,4)5;/h2*1-3H,4H2;;/q3*-1;+2. The molecule has 0 heterocycles. The van der Waals surface area contributed by atoms with Gasteiger partial charge in [-0.15, -0.1) is 12.8 Å². The third kappa shape index (κ3) is 23.3. The molecule has 6 heteroatoms. The molecule has 0 fully saturated rings.